The number of nitrogens with one attached hydrogen (secondary N) is 2. The molecule has 0 aliphatic heterocycles. The number of aryl methyl sites for hydroxylation is 1. The molecule has 2 amide bonds. The standard InChI is InChI=1S/C21H21BrN4O2/c1-15-23-12-13-26(15)14-16-2-8-19(9-3-16)25-20(27)10-11-24-21(28)17-4-6-18(22)7-5-17/h2-9,12-13H,10-11,14H2,1H3,(H,24,28)(H,25,27). The summed E-state index contributed by atoms with van der Waals surface area (Å²) in [4.78, 5) is 28.3. The Morgan fingerprint density at radius 3 is 2.43 bits per heavy atom. The zero-order chi connectivity index (χ0) is 19.9. The van der Waals surface area contributed by atoms with Crippen LogP contribution in [-0.2, 0) is 11.3 Å². The lowest BCUT2D eigenvalue weighted by atomic mass is 10.2. The lowest BCUT2D eigenvalue weighted by Crippen LogP contribution is -2.27. The van der Waals surface area contributed by atoms with Crippen molar-refractivity contribution in [1.29, 1.82) is 0 Å². The third kappa shape index (κ3) is 5.53. The number of halogens is 1. The van der Waals surface area contributed by atoms with E-state index in [0.29, 0.717) is 5.56 Å². The minimum Gasteiger partial charge on any atom is -0.352 e. The van der Waals surface area contributed by atoms with Crippen molar-refractivity contribution in [2.75, 3.05) is 11.9 Å². The van der Waals surface area contributed by atoms with Crippen molar-refractivity contribution in [2.24, 2.45) is 0 Å². The number of hydrogen-bond acceptors (Lipinski definition) is 3. The molecule has 0 aliphatic carbocycles. The number of amides is 2. The third-order valence-electron chi connectivity index (χ3n) is 4.26. The molecule has 2 N–H and O–H groups in total. The molecular weight excluding hydrogens is 420 g/mol. The first-order valence-electron chi connectivity index (χ1n) is 8.91. The SMILES string of the molecule is Cc1nccn1Cc1ccc(NC(=O)CCNC(=O)c2ccc(Br)cc2)cc1. The first-order chi connectivity index (χ1) is 13.5. The van der Waals surface area contributed by atoms with Gasteiger partial charge in [0.15, 0.2) is 0 Å². The van der Waals surface area contributed by atoms with Crippen molar-refractivity contribution in [2.45, 2.75) is 19.9 Å². The zero-order valence-corrected chi connectivity index (χ0v) is 17.1. The Balaban J connectivity index is 1.43. The number of hydrogen-bond donors (Lipinski definition) is 2. The summed E-state index contributed by atoms with van der Waals surface area (Å²) in [7, 11) is 0. The molecule has 0 radical (unpaired) electrons. The molecule has 3 aromatic rings. The number of carbonyl (C=O) groups is 2. The first kappa shape index (κ1) is 19.8. The topological polar surface area (TPSA) is 76.0 Å². The Morgan fingerprint density at radius 2 is 1.79 bits per heavy atom. The van der Waals surface area contributed by atoms with E-state index in [2.05, 4.69) is 36.1 Å². The summed E-state index contributed by atoms with van der Waals surface area (Å²) in [6, 6.07) is 14.8. The lowest BCUT2D eigenvalue weighted by Gasteiger charge is -2.09. The average Bonchev–Trinajstić information content (AvgIpc) is 3.08. The molecule has 6 nitrogen and oxygen atoms in total. The Morgan fingerprint density at radius 1 is 1.07 bits per heavy atom. The molecule has 144 valence electrons. The number of nitrogens with zero attached hydrogens (tertiary/aromatic N) is 2. The van der Waals surface area contributed by atoms with E-state index in [1.807, 2.05) is 37.4 Å². The van der Waals surface area contributed by atoms with Gasteiger partial charge in [-0.2, -0.15) is 0 Å². The third-order valence-corrected chi connectivity index (χ3v) is 4.79. The van der Waals surface area contributed by atoms with Gasteiger partial charge in [-0.05, 0) is 48.9 Å². The molecule has 0 saturated carbocycles. The predicted molar refractivity (Wildman–Crippen MR) is 112 cm³/mol. The van der Waals surface area contributed by atoms with Crippen LogP contribution in [0.2, 0.25) is 0 Å². The molecule has 0 saturated heterocycles. The fraction of sp³-hybridized carbons (Fsp3) is 0.190. The van der Waals surface area contributed by atoms with Crippen LogP contribution in [0.3, 0.4) is 0 Å². The number of rotatable bonds is 7. The van der Waals surface area contributed by atoms with Crippen molar-refractivity contribution in [3.05, 3.63) is 82.3 Å². The Hall–Kier alpha value is -2.93. The molecule has 2 aromatic carbocycles. The number of imidazole rings is 1. The molecule has 1 heterocycles. The molecule has 0 atom stereocenters. The largest absolute Gasteiger partial charge is 0.352 e. The maximum Gasteiger partial charge on any atom is 0.251 e. The quantitative estimate of drug-likeness (QED) is 0.586. The number of benzene rings is 2. The van der Waals surface area contributed by atoms with Crippen molar-refractivity contribution >= 4 is 33.4 Å². The highest BCUT2D eigenvalue weighted by Gasteiger charge is 2.07. The van der Waals surface area contributed by atoms with Gasteiger partial charge in [0.1, 0.15) is 5.82 Å². The Labute approximate surface area is 172 Å². The van der Waals surface area contributed by atoms with Crippen LogP contribution in [0.5, 0.6) is 0 Å². The molecule has 0 spiro atoms. The fourth-order valence-electron chi connectivity index (χ4n) is 2.68. The smallest absolute Gasteiger partial charge is 0.251 e. The van der Waals surface area contributed by atoms with E-state index in [1.54, 1.807) is 30.5 Å². The molecule has 0 fully saturated rings. The number of anilines is 1. The van der Waals surface area contributed by atoms with Gasteiger partial charge in [-0.25, -0.2) is 4.98 Å². The Bertz CT molecular complexity index is 949. The van der Waals surface area contributed by atoms with Gasteiger partial charge >= 0.3 is 0 Å². The van der Waals surface area contributed by atoms with Crippen molar-refractivity contribution in [1.82, 2.24) is 14.9 Å². The van der Waals surface area contributed by atoms with E-state index >= 15 is 0 Å². The Kier molecular flexibility index (Phi) is 6.60. The summed E-state index contributed by atoms with van der Waals surface area (Å²) in [5, 5.41) is 5.60. The first-order valence-corrected chi connectivity index (χ1v) is 9.71. The van der Waals surface area contributed by atoms with E-state index in [-0.39, 0.29) is 24.8 Å². The second-order valence-electron chi connectivity index (χ2n) is 6.36. The highest BCUT2D eigenvalue weighted by Crippen LogP contribution is 2.12. The highest BCUT2D eigenvalue weighted by atomic mass is 79.9. The van der Waals surface area contributed by atoms with Crippen molar-refractivity contribution in [3.63, 3.8) is 0 Å². The van der Waals surface area contributed by atoms with E-state index in [4.69, 9.17) is 0 Å². The molecule has 1 aromatic heterocycles. The van der Waals surface area contributed by atoms with Crippen LogP contribution in [0.1, 0.15) is 28.2 Å². The van der Waals surface area contributed by atoms with Crippen LogP contribution < -0.4 is 10.6 Å². The van der Waals surface area contributed by atoms with Gasteiger partial charge in [-0.15, -0.1) is 0 Å². The number of aromatic nitrogens is 2. The molecule has 0 unspecified atom stereocenters. The van der Waals surface area contributed by atoms with Gasteiger partial charge in [-0.3, -0.25) is 9.59 Å². The van der Waals surface area contributed by atoms with E-state index < -0.39 is 0 Å². The van der Waals surface area contributed by atoms with Crippen LogP contribution in [-0.4, -0.2) is 27.9 Å². The maximum absolute atomic E-state index is 12.1. The van der Waals surface area contributed by atoms with Gasteiger partial charge in [-0.1, -0.05) is 28.1 Å². The zero-order valence-electron chi connectivity index (χ0n) is 15.5. The van der Waals surface area contributed by atoms with Gasteiger partial charge in [0, 0.05) is 47.6 Å². The summed E-state index contributed by atoms with van der Waals surface area (Å²) in [5.41, 5.74) is 2.42. The molecule has 0 aliphatic rings. The average molecular weight is 441 g/mol. The molecular formula is C21H21BrN4O2. The van der Waals surface area contributed by atoms with Crippen LogP contribution in [0.4, 0.5) is 5.69 Å². The lowest BCUT2D eigenvalue weighted by molar-refractivity contribution is -0.116. The minimum atomic E-state index is -0.195. The normalized spacial score (nSPS) is 10.5. The van der Waals surface area contributed by atoms with Gasteiger partial charge in [0.2, 0.25) is 5.91 Å². The van der Waals surface area contributed by atoms with Crippen LogP contribution in [0.25, 0.3) is 0 Å². The second-order valence-corrected chi connectivity index (χ2v) is 7.28. The molecule has 28 heavy (non-hydrogen) atoms. The van der Waals surface area contributed by atoms with Crippen LogP contribution in [0, 0.1) is 6.92 Å². The summed E-state index contributed by atoms with van der Waals surface area (Å²) in [6.07, 6.45) is 3.92. The van der Waals surface area contributed by atoms with Gasteiger partial charge in [0.05, 0.1) is 0 Å². The van der Waals surface area contributed by atoms with Crippen molar-refractivity contribution < 1.29 is 9.59 Å². The van der Waals surface area contributed by atoms with Gasteiger partial charge < -0.3 is 15.2 Å². The van der Waals surface area contributed by atoms with Gasteiger partial charge in [0.25, 0.3) is 5.91 Å². The summed E-state index contributed by atoms with van der Waals surface area (Å²) in [5.74, 6) is 0.622. The maximum atomic E-state index is 12.1. The monoisotopic (exact) mass is 440 g/mol. The summed E-state index contributed by atoms with van der Waals surface area (Å²) >= 11 is 3.33. The molecule has 0 bridgehead atoms. The summed E-state index contributed by atoms with van der Waals surface area (Å²) in [6.45, 7) is 2.98. The number of carbonyl (C=O) groups excluding carboxylic acids is 2. The predicted octanol–water partition coefficient (Wildman–Crippen LogP) is 3.76. The minimum absolute atomic E-state index is 0.144. The highest BCUT2D eigenvalue weighted by molar-refractivity contribution is 9.10. The van der Waals surface area contributed by atoms with Crippen LogP contribution in [0.15, 0.2) is 65.4 Å². The second kappa shape index (κ2) is 9.32. The van der Waals surface area contributed by atoms with E-state index in [9.17, 15) is 9.59 Å². The van der Waals surface area contributed by atoms with E-state index in [0.717, 1.165) is 28.1 Å². The van der Waals surface area contributed by atoms with Crippen LogP contribution >= 0.6 is 15.9 Å². The molecule has 7 heteroatoms. The molecule has 3 rings (SSSR count). The van der Waals surface area contributed by atoms with Crippen molar-refractivity contribution in [3.8, 4) is 0 Å². The summed E-state index contributed by atoms with van der Waals surface area (Å²) < 4.78 is 2.97. The van der Waals surface area contributed by atoms with E-state index in [1.165, 1.54) is 0 Å². The fourth-order valence-corrected chi connectivity index (χ4v) is 2.94.